The van der Waals surface area contributed by atoms with Gasteiger partial charge in [-0.2, -0.15) is 5.10 Å². The van der Waals surface area contributed by atoms with Crippen molar-refractivity contribution in [2.75, 3.05) is 0 Å². The number of likely N-dealkylation sites (tertiary alicyclic amines) is 1. The number of aliphatic carboxylic acids is 1. The van der Waals surface area contributed by atoms with Gasteiger partial charge in [0.1, 0.15) is 11.7 Å². The van der Waals surface area contributed by atoms with Crippen LogP contribution >= 0.6 is 0 Å². The molecule has 24 heavy (non-hydrogen) atoms. The molecule has 9 heteroatoms. The Labute approximate surface area is 138 Å². The van der Waals surface area contributed by atoms with E-state index in [0.29, 0.717) is 6.42 Å². The van der Waals surface area contributed by atoms with Gasteiger partial charge in [0, 0.05) is 13.1 Å². The highest BCUT2D eigenvalue weighted by Gasteiger charge is 2.49. The molecule has 3 unspecified atom stereocenters. The molecule has 3 rings (SSSR count). The van der Waals surface area contributed by atoms with Crippen molar-refractivity contribution in [3.63, 3.8) is 0 Å². The number of rotatable bonds is 3. The van der Waals surface area contributed by atoms with Gasteiger partial charge >= 0.3 is 11.7 Å². The number of amides is 1. The van der Waals surface area contributed by atoms with Crippen LogP contribution in [0.25, 0.3) is 0 Å². The number of aryl methyl sites for hydroxylation is 2. The molecular weight excluding hydrogens is 316 g/mol. The Morgan fingerprint density at radius 3 is 2.62 bits per heavy atom. The van der Waals surface area contributed by atoms with Gasteiger partial charge in [-0.1, -0.05) is 12.8 Å². The zero-order valence-electron chi connectivity index (χ0n) is 13.6. The van der Waals surface area contributed by atoms with Crippen molar-refractivity contribution in [1.29, 1.82) is 0 Å². The maximum absolute atomic E-state index is 13.1. The molecule has 1 amide bonds. The van der Waals surface area contributed by atoms with E-state index in [4.69, 9.17) is 0 Å². The first kappa shape index (κ1) is 16.4. The van der Waals surface area contributed by atoms with Crippen LogP contribution in [0.2, 0.25) is 0 Å². The fourth-order valence-electron chi connectivity index (χ4n) is 4.20. The number of hydrogen-bond acceptors (Lipinski definition) is 5. The average molecular weight is 336 g/mol. The summed E-state index contributed by atoms with van der Waals surface area (Å²) in [6.45, 7) is 1.47. The number of carbonyl (C=O) groups is 2. The number of aromatic nitrogens is 2. The second-order valence-electron chi connectivity index (χ2n) is 6.58. The Morgan fingerprint density at radius 1 is 1.33 bits per heavy atom. The van der Waals surface area contributed by atoms with Crippen LogP contribution in [-0.4, -0.2) is 48.7 Å². The maximum atomic E-state index is 13.1. The molecule has 0 bridgehead atoms. The highest BCUT2D eigenvalue weighted by atomic mass is 16.6. The van der Waals surface area contributed by atoms with Crippen molar-refractivity contribution >= 4 is 17.6 Å². The fraction of sp³-hybridized carbons (Fsp3) is 0.667. The van der Waals surface area contributed by atoms with Crippen molar-refractivity contribution < 1.29 is 19.6 Å². The average Bonchev–Trinajstić information content (AvgIpc) is 3.04. The highest BCUT2D eigenvalue weighted by molar-refractivity contribution is 5.99. The third-order valence-corrected chi connectivity index (χ3v) is 5.18. The van der Waals surface area contributed by atoms with Crippen molar-refractivity contribution in [3.8, 4) is 0 Å². The zero-order chi connectivity index (χ0) is 17.6. The van der Waals surface area contributed by atoms with Crippen LogP contribution in [-0.2, 0) is 11.8 Å². The minimum absolute atomic E-state index is 0.144. The van der Waals surface area contributed by atoms with E-state index in [1.807, 2.05) is 0 Å². The monoisotopic (exact) mass is 336 g/mol. The summed E-state index contributed by atoms with van der Waals surface area (Å²) in [6, 6.07) is -1.09. The Morgan fingerprint density at radius 2 is 2.00 bits per heavy atom. The molecule has 1 N–H and O–H groups in total. The summed E-state index contributed by atoms with van der Waals surface area (Å²) in [5, 5.41) is 24.8. The van der Waals surface area contributed by atoms with Crippen LogP contribution in [0.4, 0.5) is 5.69 Å². The van der Waals surface area contributed by atoms with Gasteiger partial charge in [-0.15, -0.1) is 0 Å². The lowest BCUT2D eigenvalue weighted by molar-refractivity contribution is -0.385. The Hall–Kier alpha value is -2.45. The topological polar surface area (TPSA) is 119 Å². The standard InChI is InChI=1S/C15H20N4O5/c1-8-12(19(23)24)13(17(2)16-8)14(20)18-10-6-4-3-5-9(10)7-11(18)15(21)22/h9-11H,3-7H2,1-2H3,(H,21,22). The van der Waals surface area contributed by atoms with Gasteiger partial charge in [-0.25, -0.2) is 4.79 Å². The van der Waals surface area contributed by atoms with Crippen molar-refractivity contribution in [1.82, 2.24) is 14.7 Å². The lowest BCUT2D eigenvalue weighted by Gasteiger charge is -2.32. The molecule has 3 atom stereocenters. The quantitative estimate of drug-likeness (QED) is 0.660. The van der Waals surface area contributed by atoms with Gasteiger partial charge in [0.25, 0.3) is 5.91 Å². The summed E-state index contributed by atoms with van der Waals surface area (Å²) < 4.78 is 1.19. The predicted molar refractivity (Wildman–Crippen MR) is 82.6 cm³/mol. The molecule has 2 aliphatic rings. The maximum Gasteiger partial charge on any atom is 0.326 e. The van der Waals surface area contributed by atoms with Gasteiger partial charge in [0.05, 0.1) is 4.92 Å². The van der Waals surface area contributed by atoms with Gasteiger partial charge in [0.15, 0.2) is 0 Å². The fourth-order valence-corrected chi connectivity index (χ4v) is 4.20. The summed E-state index contributed by atoms with van der Waals surface area (Å²) in [6.07, 6.45) is 4.01. The summed E-state index contributed by atoms with van der Waals surface area (Å²) in [4.78, 5) is 36.8. The van der Waals surface area contributed by atoms with E-state index in [1.54, 1.807) is 0 Å². The van der Waals surface area contributed by atoms with Crippen LogP contribution in [0.3, 0.4) is 0 Å². The van der Waals surface area contributed by atoms with Crippen molar-refractivity contribution in [2.24, 2.45) is 13.0 Å². The molecular formula is C15H20N4O5. The lowest BCUT2D eigenvalue weighted by Crippen LogP contribution is -2.46. The Kier molecular flexibility index (Phi) is 4.02. The van der Waals surface area contributed by atoms with Crippen LogP contribution < -0.4 is 0 Å². The normalized spacial score (nSPS) is 26.2. The highest BCUT2D eigenvalue weighted by Crippen LogP contribution is 2.41. The first-order valence-corrected chi connectivity index (χ1v) is 8.06. The molecule has 130 valence electrons. The molecule has 1 aromatic rings. The summed E-state index contributed by atoms with van der Waals surface area (Å²) in [5.74, 6) is -1.51. The number of nitro groups is 1. The molecule has 1 aliphatic heterocycles. The van der Waals surface area contributed by atoms with Gasteiger partial charge in [-0.3, -0.25) is 19.6 Å². The molecule has 1 aromatic heterocycles. The molecule has 9 nitrogen and oxygen atoms in total. The third kappa shape index (κ3) is 2.44. The van der Waals surface area contributed by atoms with Gasteiger partial charge in [0.2, 0.25) is 5.69 Å². The van der Waals surface area contributed by atoms with Crippen molar-refractivity contribution in [2.45, 2.75) is 51.1 Å². The number of fused-ring (bicyclic) bond motifs is 1. The zero-order valence-corrected chi connectivity index (χ0v) is 13.6. The summed E-state index contributed by atoms with van der Waals surface area (Å²) in [5.41, 5.74) is -0.335. The minimum Gasteiger partial charge on any atom is -0.480 e. The van der Waals surface area contributed by atoms with E-state index >= 15 is 0 Å². The van der Waals surface area contributed by atoms with E-state index < -0.39 is 22.8 Å². The van der Waals surface area contributed by atoms with Crippen LogP contribution in [0.1, 0.15) is 48.3 Å². The smallest absolute Gasteiger partial charge is 0.326 e. The van der Waals surface area contributed by atoms with Gasteiger partial charge in [-0.05, 0) is 32.1 Å². The van der Waals surface area contributed by atoms with E-state index in [1.165, 1.54) is 23.6 Å². The Bertz CT molecular complexity index is 713. The number of carboxylic acid groups (broad SMARTS) is 1. The molecule has 0 aromatic carbocycles. The molecule has 2 heterocycles. The molecule has 0 spiro atoms. The van der Waals surface area contributed by atoms with Crippen LogP contribution in [0.5, 0.6) is 0 Å². The van der Waals surface area contributed by atoms with E-state index in [-0.39, 0.29) is 29.0 Å². The number of hydrogen-bond donors (Lipinski definition) is 1. The first-order chi connectivity index (χ1) is 11.3. The van der Waals surface area contributed by atoms with Crippen LogP contribution in [0.15, 0.2) is 0 Å². The number of nitrogens with zero attached hydrogens (tertiary/aromatic N) is 4. The number of carboxylic acids is 1. The number of carbonyl (C=O) groups excluding carboxylic acids is 1. The van der Waals surface area contributed by atoms with E-state index in [9.17, 15) is 24.8 Å². The SMILES string of the molecule is Cc1nn(C)c(C(=O)N2C(C(=O)O)CC3CCCCC32)c1[N+](=O)[O-]. The lowest BCUT2D eigenvalue weighted by atomic mass is 9.84. The summed E-state index contributed by atoms with van der Waals surface area (Å²) >= 11 is 0. The molecule has 2 fully saturated rings. The first-order valence-electron chi connectivity index (χ1n) is 8.06. The Balaban J connectivity index is 2.04. The second-order valence-corrected chi connectivity index (χ2v) is 6.58. The molecule has 1 aliphatic carbocycles. The molecule has 0 radical (unpaired) electrons. The minimum atomic E-state index is -1.06. The van der Waals surface area contributed by atoms with E-state index in [0.717, 1.165) is 25.7 Å². The van der Waals surface area contributed by atoms with E-state index in [2.05, 4.69) is 5.10 Å². The second kappa shape index (κ2) is 5.88. The molecule has 1 saturated carbocycles. The predicted octanol–water partition coefficient (Wildman–Crippen LogP) is 1.49. The van der Waals surface area contributed by atoms with Crippen LogP contribution in [0, 0.1) is 23.0 Å². The largest absolute Gasteiger partial charge is 0.480 e. The van der Waals surface area contributed by atoms with Gasteiger partial charge < -0.3 is 10.0 Å². The molecule has 1 saturated heterocycles. The summed E-state index contributed by atoms with van der Waals surface area (Å²) in [7, 11) is 1.47. The third-order valence-electron chi connectivity index (χ3n) is 5.18. The van der Waals surface area contributed by atoms with Crippen molar-refractivity contribution in [3.05, 3.63) is 21.5 Å².